The fraction of sp³-hybridized carbons (Fsp3) is 0.348. The standard InChI is InChI=1S/C23H28N2O4/c1-3-23(26)29-18-8-6-5-7-17-28-22-15-11-20(12-16-22)25-24-19-9-13-21(14-10-19)27-4-2/h3,9-16H,1,4-8,17-18H2,2H3/b25-24+. The second kappa shape index (κ2) is 13.1. The Bertz CT molecular complexity index is 770. The Morgan fingerprint density at radius 3 is 1.86 bits per heavy atom. The van der Waals surface area contributed by atoms with Crippen molar-refractivity contribution < 1.29 is 19.0 Å². The van der Waals surface area contributed by atoms with E-state index in [1.54, 1.807) is 0 Å². The van der Waals surface area contributed by atoms with Crippen LogP contribution in [-0.4, -0.2) is 25.8 Å². The Kier molecular flexibility index (Phi) is 10.0. The van der Waals surface area contributed by atoms with Crippen LogP contribution in [0.5, 0.6) is 11.5 Å². The van der Waals surface area contributed by atoms with Gasteiger partial charge in [-0.1, -0.05) is 6.58 Å². The van der Waals surface area contributed by atoms with E-state index in [0.717, 1.165) is 48.6 Å². The molecule has 0 amide bonds. The van der Waals surface area contributed by atoms with Crippen LogP contribution in [0.1, 0.15) is 32.6 Å². The summed E-state index contributed by atoms with van der Waals surface area (Å²) in [6, 6.07) is 15.0. The molecular weight excluding hydrogens is 368 g/mol. The molecular formula is C23H28N2O4. The zero-order valence-corrected chi connectivity index (χ0v) is 16.9. The van der Waals surface area contributed by atoms with Gasteiger partial charge in [-0.2, -0.15) is 10.2 Å². The van der Waals surface area contributed by atoms with Crippen LogP contribution in [-0.2, 0) is 9.53 Å². The number of carbonyl (C=O) groups is 1. The molecule has 2 aromatic rings. The number of carbonyl (C=O) groups excluding carboxylic acids is 1. The van der Waals surface area contributed by atoms with Crippen LogP contribution in [0.4, 0.5) is 11.4 Å². The number of azo groups is 1. The lowest BCUT2D eigenvalue weighted by Crippen LogP contribution is -2.02. The summed E-state index contributed by atoms with van der Waals surface area (Å²) in [6.45, 7) is 7.05. The highest BCUT2D eigenvalue weighted by Gasteiger charge is 1.98. The van der Waals surface area contributed by atoms with E-state index < -0.39 is 0 Å². The summed E-state index contributed by atoms with van der Waals surface area (Å²) in [5.74, 6) is 1.27. The Labute approximate surface area is 172 Å². The minimum atomic E-state index is -0.365. The maximum atomic E-state index is 10.9. The fourth-order valence-electron chi connectivity index (χ4n) is 2.48. The number of unbranched alkanes of at least 4 members (excludes halogenated alkanes) is 3. The Morgan fingerprint density at radius 2 is 1.34 bits per heavy atom. The lowest BCUT2D eigenvalue weighted by Gasteiger charge is -2.06. The first kappa shape index (κ1) is 22.1. The quantitative estimate of drug-likeness (QED) is 0.176. The van der Waals surface area contributed by atoms with Crippen molar-refractivity contribution in [3.8, 4) is 11.5 Å². The third-order valence-electron chi connectivity index (χ3n) is 3.98. The molecule has 154 valence electrons. The van der Waals surface area contributed by atoms with Crippen molar-refractivity contribution in [1.82, 2.24) is 0 Å². The largest absolute Gasteiger partial charge is 0.494 e. The van der Waals surface area contributed by atoms with Gasteiger partial charge in [0.25, 0.3) is 0 Å². The number of hydrogen-bond acceptors (Lipinski definition) is 6. The average molecular weight is 396 g/mol. The molecule has 0 N–H and O–H groups in total. The van der Waals surface area contributed by atoms with E-state index in [1.165, 1.54) is 6.08 Å². The molecule has 0 radical (unpaired) electrons. The molecule has 2 aromatic carbocycles. The molecule has 0 saturated heterocycles. The molecule has 0 bridgehead atoms. The Morgan fingerprint density at radius 1 is 0.828 bits per heavy atom. The molecule has 0 saturated carbocycles. The van der Waals surface area contributed by atoms with Crippen molar-refractivity contribution in [2.24, 2.45) is 10.2 Å². The van der Waals surface area contributed by atoms with E-state index >= 15 is 0 Å². The number of rotatable bonds is 13. The normalized spacial score (nSPS) is 10.7. The minimum absolute atomic E-state index is 0.365. The van der Waals surface area contributed by atoms with Crippen LogP contribution in [0, 0.1) is 0 Å². The lowest BCUT2D eigenvalue weighted by molar-refractivity contribution is -0.137. The predicted octanol–water partition coefficient (Wildman–Crippen LogP) is 6.17. The average Bonchev–Trinajstić information content (AvgIpc) is 2.76. The molecule has 0 aromatic heterocycles. The molecule has 29 heavy (non-hydrogen) atoms. The van der Waals surface area contributed by atoms with Gasteiger partial charge in [0, 0.05) is 6.08 Å². The number of esters is 1. The maximum Gasteiger partial charge on any atom is 0.330 e. The summed E-state index contributed by atoms with van der Waals surface area (Å²) in [5, 5.41) is 8.46. The molecule has 0 fully saturated rings. The number of nitrogens with zero attached hydrogens (tertiary/aromatic N) is 2. The van der Waals surface area contributed by atoms with Crippen LogP contribution in [0.3, 0.4) is 0 Å². The van der Waals surface area contributed by atoms with Gasteiger partial charge in [0.1, 0.15) is 11.5 Å². The molecule has 0 aliphatic rings. The zero-order chi connectivity index (χ0) is 20.7. The Hall–Kier alpha value is -3.15. The minimum Gasteiger partial charge on any atom is -0.494 e. The van der Waals surface area contributed by atoms with E-state index in [-0.39, 0.29) is 5.97 Å². The van der Waals surface area contributed by atoms with Gasteiger partial charge in [-0.05, 0) is 81.1 Å². The molecule has 0 heterocycles. The molecule has 0 spiro atoms. The second-order valence-corrected chi connectivity index (χ2v) is 6.26. The Balaban J connectivity index is 1.64. The van der Waals surface area contributed by atoms with Crippen LogP contribution < -0.4 is 9.47 Å². The first-order chi connectivity index (χ1) is 14.2. The predicted molar refractivity (Wildman–Crippen MR) is 113 cm³/mol. The molecule has 0 atom stereocenters. The van der Waals surface area contributed by atoms with Crippen LogP contribution >= 0.6 is 0 Å². The first-order valence-corrected chi connectivity index (χ1v) is 9.88. The number of ether oxygens (including phenoxy) is 3. The van der Waals surface area contributed by atoms with E-state index in [1.807, 2.05) is 55.5 Å². The first-order valence-electron chi connectivity index (χ1n) is 9.88. The summed E-state index contributed by atoms with van der Waals surface area (Å²) < 4.78 is 16.1. The van der Waals surface area contributed by atoms with E-state index in [0.29, 0.717) is 19.8 Å². The van der Waals surface area contributed by atoms with Crippen molar-refractivity contribution >= 4 is 17.3 Å². The van der Waals surface area contributed by atoms with Crippen molar-refractivity contribution in [1.29, 1.82) is 0 Å². The fourth-order valence-corrected chi connectivity index (χ4v) is 2.48. The molecule has 0 unspecified atom stereocenters. The third-order valence-corrected chi connectivity index (χ3v) is 3.98. The second-order valence-electron chi connectivity index (χ2n) is 6.26. The van der Waals surface area contributed by atoms with E-state index in [2.05, 4.69) is 16.8 Å². The highest BCUT2D eigenvalue weighted by Crippen LogP contribution is 2.23. The van der Waals surface area contributed by atoms with Gasteiger partial charge in [0.2, 0.25) is 0 Å². The summed E-state index contributed by atoms with van der Waals surface area (Å²) in [6.07, 6.45) is 5.02. The summed E-state index contributed by atoms with van der Waals surface area (Å²) in [5.41, 5.74) is 1.54. The summed E-state index contributed by atoms with van der Waals surface area (Å²) in [7, 11) is 0. The monoisotopic (exact) mass is 396 g/mol. The highest BCUT2D eigenvalue weighted by molar-refractivity contribution is 5.81. The van der Waals surface area contributed by atoms with E-state index in [9.17, 15) is 4.79 Å². The smallest absolute Gasteiger partial charge is 0.330 e. The molecule has 0 aliphatic heterocycles. The van der Waals surface area contributed by atoms with Crippen molar-refractivity contribution in [3.05, 3.63) is 61.2 Å². The van der Waals surface area contributed by atoms with Crippen molar-refractivity contribution in [3.63, 3.8) is 0 Å². The number of hydrogen-bond donors (Lipinski definition) is 0. The maximum absolute atomic E-state index is 10.9. The number of benzene rings is 2. The SMILES string of the molecule is C=CC(=O)OCCCCCCOc1ccc(/N=N/c2ccc(OCC)cc2)cc1. The summed E-state index contributed by atoms with van der Waals surface area (Å²) in [4.78, 5) is 10.9. The van der Waals surface area contributed by atoms with Crippen LogP contribution in [0.25, 0.3) is 0 Å². The van der Waals surface area contributed by atoms with Crippen LogP contribution in [0.2, 0.25) is 0 Å². The molecule has 2 rings (SSSR count). The van der Waals surface area contributed by atoms with Crippen molar-refractivity contribution in [2.45, 2.75) is 32.6 Å². The topological polar surface area (TPSA) is 69.5 Å². The van der Waals surface area contributed by atoms with Gasteiger partial charge >= 0.3 is 5.97 Å². The van der Waals surface area contributed by atoms with Gasteiger partial charge in [-0.15, -0.1) is 0 Å². The van der Waals surface area contributed by atoms with Gasteiger partial charge in [-0.3, -0.25) is 0 Å². The zero-order valence-electron chi connectivity index (χ0n) is 16.9. The van der Waals surface area contributed by atoms with Gasteiger partial charge in [0.05, 0.1) is 31.2 Å². The van der Waals surface area contributed by atoms with Gasteiger partial charge in [0.15, 0.2) is 0 Å². The molecule has 6 heteroatoms. The lowest BCUT2D eigenvalue weighted by atomic mass is 10.2. The van der Waals surface area contributed by atoms with Gasteiger partial charge < -0.3 is 14.2 Å². The summed E-state index contributed by atoms with van der Waals surface area (Å²) >= 11 is 0. The highest BCUT2D eigenvalue weighted by atomic mass is 16.5. The third kappa shape index (κ3) is 9.06. The van der Waals surface area contributed by atoms with Crippen molar-refractivity contribution in [2.75, 3.05) is 19.8 Å². The van der Waals surface area contributed by atoms with E-state index in [4.69, 9.17) is 14.2 Å². The molecule has 6 nitrogen and oxygen atoms in total. The van der Waals surface area contributed by atoms with Gasteiger partial charge in [-0.25, -0.2) is 4.79 Å². The van der Waals surface area contributed by atoms with Crippen LogP contribution in [0.15, 0.2) is 71.4 Å². The molecule has 0 aliphatic carbocycles.